The molecule has 2 rings (SSSR count). The normalized spacial score (nSPS) is 23.3. The molecule has 1 aromatic rings. The van der Waals surface area contributed by atoms with Gasteiger partial charge >= 0.3 is 5.97 Å². The number of amides is 1. The number of hydrogen-bond donors (Lipinski definition) is 2. The maximum atomic E-state index is 12.4. The molecule has 8 heteroatoms. The highest BCUT2D eigenvalue weighted by molar-refractivity contribution is 7.89. The topological polar surface area (TPSA) is 102 Å². The predicted octanol–water partition coefficient (Wildman–Crippen LogP) is 2.45. The van der Waals surface area contributed by atoms with Crippen LogP contribution in [0.5, 0.6) is 0 Å². The number of rotatable bonds is 7. The number of nitrogens with one attached hydrogen (secondary N) is 2. The summed E-state index contributed by atoms with van der Waals surface area (Å²) in [7, 11) is -3.84. The van der Waals surface area contributed by atoms with Gasteiger partial charge in [0.1, 0.15) is 6.54 Å². The lowest BCUT2D eigenvalue weighted by atomic mass is 9.78. The summed E-state index contributed by atoms with van der Waals surface area (Å²) in [4.78, 5) is 24.5. The van der Waals surface area contributed by atoms with Gasteiger partial charge in [-0.1, -0.05) is 32.8 Å². The quantitative estimate of drug-likeness (QED) is 0.655. The number of carbonyl (C=O) groups is 2. The minimum Gasteiger partial charge on any atom is -0.452 e. The van der Waals surface area contributed by atoms with Crippen LogP contribution in [-0.2, 0) is 24.3 Å². The number of ether oxygens (including phenoxy) is 1. The van der Waals surface area contributed by atoms with Crippen LogP contribution in [0.4, 0.5) is 0 Å². The van der Waals surface area contributed by atoms with Crippen LogP contribution in [0.2, 0.25) is 0 Å². The standard InChI is InChI=1S/C21H32N2O5S/c1-13-9-10-18(11-15(13)3)29(26,27)22-12-20(24)28-17(5)21(25)23-19-8-6-7-14(2)16(19)4/h9-11,14,16-17,19,22H,6-8,12H2,1-5H3,(H,23,25)/t14-,16+,17-,19+/m1/s1. The van der Waals surface area contributed by atoms with E-state index in [0.717, 1.165) is 30.4 Å². The Labute approximate surface area is 173 Å². The van der Waals surface area contributed by atoms with Crippen molar-refractivity contribution in [3.8, 4) is 0 Å². The van der Waals surface area contributed by atoms with E-state index in [1.807, 2.05) is 13.8 Å². The average molecular weight is 425 g/mol. The zero-order chi connectivity index (χ0) is 21.8. The molecular weight excluding hydrogens is 392 g/mol. The van der Waals surface area contributed by atoms with E-state index in [-0.39, 0.29) is 16.8 Å². The Kier molecular flexibility index (Phi) is 7.82. The second-order valence-electron chi connectivity index (χ2n) is 8.09. The molecule has 0 aliphatic heterocycles. The molecule has 1 aliphatic carbocycles. The van der Waals surface area contributed by atoms with Crippen molar-refractivity contribution in [2.75, 3.05) is 6.54 Å². The molecule has 29 heavy (non-hydrogen) atoms. The molecule has 0 heterocycles. The molecule has 0 unspecified atom stereocenters. The third-order valence-electron chi connectivity index (χ3n) is 5.91. The van der Waals surface area contributed by atoms with Crippen molar-refractivity contribution in [3.05, 3.63) is 29.3 Å². The van der Waals surface area contributed by atoms with Crippen LogP contribution in [0, 0.1) is 25.7 Å². The van der Waals surface area contributed by atoms with Gasteiger partial charge in [-0.25, -0.2) is 8.42 Å². The van der Waals surface area contributed by atoms with Gasteiger partial charge in [0.2, 0.25) is 10.0 Å². The molecule has 1 aliphatic rings. The van der Waals surface area contributed by atoms with Crippen molar-refractivity contribution in [2.24, 2.45) is 11.8 Å². The zero-order valence-electron chi connectivity index (χ0n) is 17.8. The Bertz CT molecular complexity index is 853. The summed E-state index contributed by atoms with van der Waals surface area (Å²) in [6, 6.07) is 4.81. The van der Waals surface area contributed by atoms with Crippen molar-refractivity contribution < 1.29 is 22.7 Å². The minimum atomic E-state index is -3.84. The molecule has 0 radical (unpaired) electrons. The van der Waals surface area contributed by atoms with E-state index in [0.29, 0.717) is 11.8 Å². The Morgan fingerprint density at radius 3 is 2.52 bits per heavy atom. The Hall–Kier alpha value is -1.93. The molecule has 0 aromatic heterocycles. The van der Waals surface area contributed by atoms with Crippen molar-refractivity contribution in [1.82, 2.24) is 10.0 Å². The first kappa shape index (κ1) is 23.3. The van der Waals surface area contributed by atoms with Gasteiger partial charge < -0.3 is 10.1 Å². The van der Waals surface area contributed by atoms with Crippen molar-refractivity contribution in [1.29, 1.82) is 0 Å². The highest BCUT2D eigenvalue weighted by Crippen LogP contribution is 2.29. The van der Waals surface area contributed by atoms with Crippen LogP contribution in [-0.4, -0.2) is 39.0 Å². The maximum absolute atomic E-state index is 12.4. The summed E-state index contributed by atoms with van der Waals surface area (Å²) in [5, 5.41) is 2.96. The Morgan fingerprint density at radius 2 is 1.86 bits per heavy atom. The first-order valence-corrected chi connectivity index (χ1v) is 11.6. The zero-order valence-corrected chi connectivity index (χ0v) is 18.6. The van der Waals surface area contributed by atoms with E-state index < -0.39 is 28.6 Å². The Morgan fingerprint density at radius 1 is 1.17 bits per heavy atom. The van der Waals surface area contributed by atoms with Crippen LogP contribution in [0.1, 0.15) is 51.2 Å². The first-order chi connectivity index (χ1) is 13.5. The largest absolute Gasteiger partial charge is 0.452 e. The van der Waals surface area contributed by atoms with Crippen LogP contribution < -0.4 is 10.0 Å². The van der Waals surface area contributed by atoms with Gasteiger partial charge in [0.25, 0.3) is 5.91 Å². The van der Waals surface area contributed by atoms with Gasteiger partial charge in [-0.3, -0.25) is 9.59 Å². The lowest BCUT2D eigenvalue weighted by molar-refractivity contribution is -0.154. The van der Waals surface area contributed by atoms with Crippen LogP contribution >= 0.6 is 0 Å². The van der Waals surface area contributed by atoms with Gasteiger partial charge in [-0.05, 0) is 62.3 Å². The highest BCUT2D eigenvalue weighted by atomic mass is 32.2. The first-order valence-electron chi connectivity index (χ1n) is 10.1. The van der Waals surface area contributed by atoms with E-state index in [2.05, 4.69) is 23.9 Å². The number of hydrogen-bond acceptors (Lipinski definition) is 5. The summed E-state index contributed by atoms with van der Waals surface area (Å²) < 4.78 is 32.0. The predicted molar refractivity (Wildman–Crippen MR) is 111 cm³/mol. The smallest absolute Gasteiger partial charge is 0.321 e. The van der Waals surface area contributed by atoms with Crippen LogP contribution in [0.25, 0.3) is 0 Å². The van der Waals surface area contributed by atoms with E-state index in [9.17, 15) is 18.0 Å². The molecule has 0 bridgehead atoms. The molecule has 0 saturated heterocycles. The number of carbonyl (C=O) groups excluding carboxylic acids is 2. The number of aryl methyl sites for hydroxylation is 2. The third-order valence-corrected chi connectivity index (χ3v) is 7.31. The maximum Gasteiger partial charge on any atom is 0.321 e. The van der Waals surface area contributed by atoms with E-state index in [1.54, 1.807) is 12.1 Å². The molecular formula is C21H32N2O5S. The fourth-order valence-electron chi connectivity index (χ4n) is 3.50. The number of esters is 1. The Balaban J connectivity index is 1.86. The van der Waals surface area contributed by atoms with Crippen LogP contribution in [0.15, 0.2) is 23.1 Å². The van der Waals surface area contributed by atoms with E-state index >= 15 is 0 Å². The van der Waals surface area contributed by atoms with E-state index in [4.69, 9.17) is 4.74 Å². The lowest BCUT2D eigenvalue weighted by Crippen LogP contribution is -2.48. The molecule has 4 atom stereocenters. The number of benzene rings is 1. The monoisotopic (exact) mass is 424 g/mol. The van der Waals surface area contributed by atoms with Crippen molar-refractivity contribution in [2.45, 2.75) is 70.9 Å². The second kappa shape index (κ2) is 9.71. The average Bonchev–Trinajstić information content (AvgIpc) is 2.66. The summed E-state index contributed by atoms with van der Waals surface area (Å²) in [6.45, 7) is 8.95. The van der Waals surface area contributed by atoms with Gasteiger partial charge in [0, 0.05) is 6.04 Å². The molecule has 162 valence electrons. The summed E-state index contributed by atoms with van der Waals surface area (Å²) in [5.74, 6) is -0.265. The van der Waals surface area contributed by atoms with Crippen molar-refractivity contribution >= 4 is 21.9 Å². The molecule has 1 aromatic carbocycles. The SMILES string of the molecule is Cc1ccc(S(=O)(=O)NCC(=O)O[C@H](C)C(=O)N[C@H]2CCC[C@@H](C)[C@@H]2C)cc1C. The molecule has 0 spiro atoms. The summed E-state index contributed by atoms with van der Waals surface area (Å²) >= 11 is 0. The fourth-order valence-corrected chi connectivity index (χ4v) is 4.55. The lowest BCUT2D eigenvalue weighted by Gasteiger charge is -2.35. The van der Waals surface area contributed by atoms with Crippen LogP contribution in [0.3, 0.4) is 0 Å². The molecule has 1 fully saturated rings. The minimum absolute atomic E-state index is 0.0654. The van der Waals surface area contributed by atoms with Gasteiger partial charge in [0.15, 0.2) is 6.10 Å². The molecule has 1 saturated carbocycles. The number of sulfonamides is 1. The molecule has 1 amide bonds. The third kappa shape index (κ3) is 6.27. The fraction of sp³-hybridized carbons (Fsp3) is 0.619. The summed E-state index contributed by atoms with van der Waals surface area (Å²) in [6.07, 6.45) is 2.13. The summed E-state index contributed by atoms with van der Waals surface area (Å²) in [5.41, 5.74) is 1.82. The molecule has 7 nitrogen and oxygen atoms in total. The van der Waals surface area contributed by atoms with E-state index in [1.165, 1.54) is 13.0 Å². The van der Waals surface area contributed by atoms with Gasteiger partial charge in [-0.15, -0.1) is 0 Å². The molecule has 2 N–H and O–H groups in total. The van der Waals surface area contributed by atoms with Gasteiger partial charge in [0.05, 0.1) is 4.90 Å². The van der Waals surface area contributed by atoms with Crippen molar-refractivity contribution in [3.63, 3.8) is 0 Å². The second-order valence-corrected chi connectivity index (χ2v) is 9.85. The highest BCUT2D eigenvalue weighted by Gasteiger charge is 2.30. The van der Waals surface area contributed by atoms with Gasteiger partial charge in [-0.2, -0.15) is 4.72 Å².